The van der Waals surface area contributed by atoms with E-state index in [-0.39, 0.29) is 0 Å². The standard InChI is InChI=1S/C12H14O/c1-9-4-2-5-10-6-3-7-12(13)11(10)8-9/h3,6-7,13H,1-2,4-5,8H2. The highest BCUT2D eigenvalue weighted by molar-refractivity contribution is 5.42. The number of allylic oxidation sites excluding steroid dienone is 1. The Kier molecular flexibility index (Phi) is 2.09. The first-order chi connectivity index (χ1) is 6.27. The SMILES string of the molecule is C=C1CCCc2cccc(O)c2C1. The molecule has 1 aromatic carbocycles. The summed E-state index contributed by atoms with van der Waals surface area (Å²) in [7, 11) is 0. The predicted octanol–water partition coefficient (Wildman–Crippen LogP) is 2.83. The average Bonchev–Trinajstić information content (AvgIpc) is 2.28. The zero-order valence-electron chi connectivity index (χ0n) is 7.71. The summed E-state index contributed by atoms with van der Waals surface area (Å²) in [5.74, 6) is 0.431. The van der Waals surface area contributed by atoms with Crippen LogP contribution in [0.15, 0.2) is 30.4 Å². The lowest BCUT2D eigenvalue weighted by molar-refractivity contribution is 0.468. The summed E-state index contributed by atoms with van der Waals surface area (Å²) in [5, 5.41) is 9.66. The van der Waals surface area contributed by atoms with Crippen LogP contribution in [-0.2, 0) is 12.8 Å². The van der Waals surface area contributed by atoms with E-state index in [4.69, 9.17) is 0 Å². The monoisotopic (exact) mass is 174 g/mol. The normalized spacial score (nSPS) is 16.5. The zero-order valence-corrected chi connectivity index (χ0v) is 7.71. The van der Waals surface area contributed by atoms with Gasteiger partial charge in [-0.3, -0.25) is 0 Å². The summed E-state index contributed by atoms with van der Waals surface area (Å²) < 4.78 is 0. The summed E-state index contributed by atoms with van der Waals surface area (Å²) in [6, 6.07) is 5.79. The summed E-state index contributed by atoms with van der Waals surface area (Å²) in [5.41, 5.74) is 3.61. The molecule has 0 aromatic heterocycles. The molecule has 0 fully saturated rings. The topological polar surface area (TPSA) is 20.2 Å². The highest BCUT2D eigenvalue weighted by atomic mass is 16.3. The van der Waals surface area contributed by atoms with Gasteiger partial charge in [0, 0.05) is 5.56 Å². The highest BCUT2D eigenvalue weighted by Gasteiger charge is 2.12. The molecule has 1 aliphatic rings. The van der Waals surface area contributed by atoms with Gasteiger partial charge in [0.25, 0.3) is 0 Å². The van der Waals surface area contributed by atoms with E-state index in [0.29, 0.717) is 5.75 Å². The second-order valence-corrected chi connectivity index (χ2v) is 3.70. The maximum absolute atomic E-state index is 9.66. The van der Waals surface area contributed by atoms with Gasteiger partial charge in [-0.2, -0.15) is 0 Å². The Morgan fingerprint density at radius 2 is 2.08 bits per heavy atom. The van der Waals surface area contributed by atoms with Crippen molar-refractivity contribution in [1.82, 2.24) is 0 Å². The molecule has 13 heavy (non-hydrogen) atoms. The van der Waals surface area contributed by atoms with Gasteiger partial charge in [-0.1, -0.05) is 24.3 Å². The first-order valence-corrected chi connectivity index (χ1v) is 4.74. The van der Waals surface area contributed by atoms with Gasteiger partial charge in [-0.25, -0.2) is 0 Å². The lowest BCUT2D eigenvalue weighted by Crippen LogP contribution is -1.91. The van der Waals surface area contributed by atoms with Crippen molar-refractivity contribution in [3.8, 4) is 5.75 Å². The van der Waals surface area contributed by atoms with E-state index in [1.807, 2.05) is 6.07 Å². The molecular formula is C12H14O. The fourth-order valence-electron chi connectivity index (χ4n) is 1.93. The number of aryl methyl sites for hydroxylation is 1. The van der Waals surface area contributed by atoms with Crippen molar-refractivity contribution in [3.63, 3.8) is 0 Å². The zero-order chi connectivity index (χ0) is 9.26. The second-order valence-electron chi connectivity index (χ2n) is 3.70. The van der Waals surface area contributed by atoms with Crippen LogP contribution in [0, 0.1) is 0 Å². The molecule has 0 aliphatic heterocycles. The molecule has 1 aliphatic carbocycles. The molecular weight excluding hydrogens is 160 g/mol. The smallest absolute Gasteiger partial charge is 0.119 e. The van der Waals surface area contributed by atoms with Gasteiger partial charge in [0.1, 0.15) is 5.75 Å². The van der Waals surface area contributed by atoms with Crippen LogP contribution in [0.5, 0.6) is 5.75 Å². The third-order valence-corrected chi connectivity index (χ3v) is 2.65. The van der Waals surface area contributed by atoms with Gasteiger partial charge in [-0.05, 0) is 37.3 Å². The molecule has 0 heterocycles. The third kappa shape index (κ3) is 1.59. The van der Waals surface area contributed by atoms with Crippen LogP contribution in [0.25, 0.3) is 0 Å². The van der Waals surface area contributed by atoms with Gasteiger partial charge >= 0.3 is 0 Å². The molecule has 1 nitrogen and oxygen atoms in total. The Hall–Kier alpha value is -1.24. The Balaban J connectivity index is 2.46. The molecule has 0 saturated heterocycles. The molecule has 0 saturated carbocycles. The molecule has 0 bridgehead atoms. The molecule has 2 rings (SSSR count). The van der Waals surface area contributed by atoms with E-state index in [0.717, 1.165) is 31.2 Å². The van der Waals surface area contributed by atoms with E-state index in [2.05, 4.69) is 12.6 Å². The number of hydrogen-bond donors (Lipinski definition) is 1. The Bertz CT molecular complexity index is 339. The Morgan fingerprint density at radius 3 is 2.92 bits per heavy atom. The molecule has 1 heteroatoms. The molecule has 0 radical (unpaired) electrons. The Labute approximate surface area is 78.7 Å². The second kappa shape index (κ2) is 3.25. The van der Waals surface area contributed by atoms with Crippen molar-refractivity contribution in [3.05, 3.63) is 41.5 Å². The van der Waals surface area contributed by atoms with Gasteiger partial charge < -0.3 is 5.11 Å². The van der Waals surface area contributed by atoms with E-state index < -0.39 is 0 Å². The molecule has 1 N–H and O–H groups in total. The van der Waals surface area contributed by atoms with E-state index in [1.165, 1.54) is 11.1 Å². The number of phenolic OH excluding ortho intramolecular Hbond substituents is 1. The van der Waals surface area contributed by atoms with Gasteiger partial charge in [-0.15, -0.1) is 0 Å². The van der Waals surface area contributed by atoms with Crippen molar-refractivity contribution in [2.75, 3.05) is 0 Å². The number of benzene rings is 1. The summed E-state index contributed by atoms with van der Waals surface area (Å²) in [6.45, 7) is 4.00. The molecule has 0 spiro atoms. The number of hydrogen-bond acceptors (Lipinski definition) is 1. The molecule has 68 valence electrons. The molecule has 0 unspecified atom stereocenters. The van der Waals surface area contributed by atoms with Gasteiger partial charge in [0.05, 0.1) is 0 Å². The fraction of sp³-hybridized carbons (Fsp3) is 0.333. The lowest BCUT2D eigenvalue weighted by atomic mass is 10.0. The average molecular weight is 174 g/mol. The van der Waals surface area contributed by atoms with E-state index >= 15 is 0 Å². The van der Waals surface area contributed by atoms with Crippen molar-refractivity contribution in [2.24, 2.45) is 0 Å². The van der Waals surface area contributed by atoms with Crippen LogP contribution < -0.4 is 0 Å². The maximum atomic E-state index is 9.66. The van der Waals surface area contributed by atoms with E-state index in [1.54, 1.807) is 6.07 Å². The number of aromatic hydroxyl groups is 1. The summed E-state index contributed by atoms with van der Waals surface area (Å²) in [6.07, 6.45) is 4.17. The number of rotatable bonds is 0. The Morgan fingerprint density at radius 1 is 1.23 bits per heavy atom. The first-order valence-electron chi connectivity index (χ1n) is 4.74. The summed E-state index contributed by atoms with van der Waals surface area (Å²) in [4.78, 5) is 0. The van der Waals surface area contributed by atoms with E-state index in [9.17, 15) is 5.11 Å². The minimum Gasteiger partial charge on any atom is -0.508 e. The van der Waals surface area contributed by atoms with Gasteiger partial charge in [0.2, 0.25) is 0 Å². The van der Waals surface area contributed by atoms with Crippen molar-refractivity contribution >= 4 is 0 Å². The van der Waals surface area contributed by atoms with Gasteiger partial charge in [0.15, 0.2) is 0 Å². The minimum absolute atomic E-state index is 0.431. The molecule has 0 amide bonds. The third-order valence-electron chi connectivity index (χ3n) is 2.65. The molecule has 0 atom stereocenters. The van der Waals surface area contributed by atoms with Crippen LogP contribution in [0.4, 0.5) is 0 Å². The van der Waals surface area contributed by atoms with Crippen molar-refractivity contribution < 1.29 is 5.11 Å². The largest absolute Gasteiger partial charge is 0.508 e. The van der Waals surface area contributed by atoms with Crippen LogP contribution in [-0.4, -0.2) is 5.11 Å². The fourth-order valence-corrected chi connectivity index (χ4v) is 1.93. The van der Waals surface area contributed by atoms with Crippen LogP contribution in [0.1, 0.15) is 24.0 Å². The predicted molar refractivity (Wildman–Crippen MR) is 53.9 cm³/mol. The highest BCUT2D eigenvalue weighted by Crippen LogP contribution is 2.29. The quantitative estimate of drug-likeness (QED) is 0.473. The maximum Gasteiger partial charge on any atom is 0.119 e. The lowest BCUT2D eigenvalue weighted by Gasteiger charge is -2.07. The first kappa shape index (κ1) is 8.36. The van der Waals surface area contributed by atoms with Crippen LogP contribution in [0.3, 0.4) is 0 Å². The molecule has 1 aromatic rings. The van der Waals surface area contributed by atoms with Crippen LogP contribution >= 0.6 is 0 Å². The number of phenols is 1. The van der Waals surface area contributed by atoms with Crippen molar-refractivity contribution in [2.45, 2.75) is 25.7 Å². The van der Waals surface area contributed by atoms with Crippen LogP contribution in [0.2, 0.25) is 0 Å². The summed E-state index contributed by atoms with van der Waals surface area (Å²) >= 11 is 0. The number of fused-ring (bicyclic) bond motifs is 1. The van der Waals surface area contributed by atoms with Crippen molar-refractivity contribution in [1.29, 1.82) is 0 Å². The minimum atomic E-state index is 0.431.